The fourth-order valence-corrected chi connectivity index (χ4v) is 5.07. The fraction of sp³-hybridized carbons (Fsp3) is 0.933. The van der Waals surface area contributed by atoms with E-state index >= 15 is 0 Å². The van der Waals surface area contributed by atoms with Crippen molar-refractivity contribution < 1.29 is 19.7 Å². The quantitative estimate of drug-likeness (QED) is 0.711. The lowest BCUT2D eigenvalue weighted by Gasteiger charge is -2.68. The van der Waals surface area contributed by atoms with Crippen LogP contribution in [0.3, 0.4) is 0 Å². The lowest BCUT2D eigenvalue weighted by molar-refractivity contribution is -0.337. The molecule has 0 spiro atoms. The average Bonchev–Trinajstić information content (AvgIpc) is 2.53. The number of esters is 1. The summed E-state index contributed by atoms with van der Waals surface area (Å²) in [5.41, 5.74) is -1.52. The van der Waals surface area contributed by atoms with E-state index in [1.54, 1.807) is 0 Å². The predicted molar refractivity (Wildman–Crippen MR) is 69.4 cm³/mol. The van der Waals surface area contributed by atoms with Crippen LogP contribution < -0.4 is 0 Å². The Balaban J connectivity index is 1.96. The minimum atomic E-state index is -1.02. The first-order valence-corrected chi connectivity index (χ1v) is 7.62. The van der Waals surface area contributed by atoms with Gasteiger partial charge < -0.3 is 14.9 Å². The SMILES string of the molecule is CC(=O)O[C@@]12CCCCC[C@@H]1[C@@]1(O)[C@@H]2CCC[C@@H]1O. The van der Waals surface area contributed by atoms with E-state index in [0.717, 1.165) is 44.9 Å². The summed E-state index contributed by atoms with van der Waals surface area (Å²) >= 11 is 0. The molecule has 0 saturated heterocycles. The van der Waals surface area contributed by atoms with Gasteiger partial charge in [-0.2, -0.15) is 0 Å². The van der Waals surface area contributed by atoms with Crippen LogP contribution in [0.1, 0.15) is 58.3 Å². The Hall–Kier alpha value is -0.610. The third-order valence-electron chi connectivity index (χ3n) is 5.69. The van der Waals surface area contributed by atoms with Crippen LogP contribution in [0.2, 0.25) is 0 Å². The van der Waals surface area contributed by atoms with Gasteiger partial charge in [0.1, 0.15) is 11.2 Å². The summed E-state index contributed by atoms with van der Waals surface area (Å²) in [5.74, 6) is -0.406. The Morgan fingerprint density at radius 1 is 1.11 bits per heavy atom. The van der Waals surface area contributed by atoms with Gasteiger partial charge in [0.2, 0.25) is 0 Å². The summed E-state index contributed by atoms with van der Waals surface area (Å²) in [6, 6.07) is 0. The normalized spacial score (nSPS) is 49.3. The largest absolute Gasteiger partial charge is 0.458 e. The van der Waals surface area contributed by atoms with Crippen molar-refractivity contribution in [1.29, 1.82) is 0 Å². The van der Waals surface area contributed by atoms with Crippen molar-refractivity contribution in [3.63, 3.8) is 0 Å². The van der Waals surface area contributed by atoms with Crippen molar-refractivity contribution in [2.24, 2.45) is 11.8 Å². The maximum atomic E-state index is 11.5. The molecular formula is C15H24O4. The van der Waals surface area contributed by atoms with E-state index in [-0.39, 0.29) is 17.8 Å². The average molecular weight is 268 g/mol. The van der Waals surface area contributed by atoms with Crippen LogP contribution in [-0.2, 0) is 9.53 Å². The number of fused-ring (bicyclic) bond motifs is 4. The van der Waals surface area contributed by atoms with Crippen LogP contribution in [0.4, 0.5) is 0 Å². The van der Waals surface area contributed by atoms with Crippen LogP contribution in [-0.4, -0.2) is 33.5 Å². The summed E-state index contributed by atoms with van der Waals surface area (Å²) in [7, 11) is 0. The van der Waals surface area contributed by atoms with Gasteiger partial charge in [-0.15, -0.1) is 0 Å². The first kappa shape index (κ1) is 13.4. The monoisotopic (exact) mass is 268 g/mol. The van der Waals surface area contributed by atoms with E-state index in [4.69, 9.17) is 4.74 Å². The van der Waals surface area contributed by atoms with Crippen molar-refractivity contribution in [1.82, 2.24) is 0 Å². The van der Waals surface area contributed by atoms with E-state index in [1.165, 1.54) is 6.92 Å². The molecular weight excluding hydrogens is 244 g/mol. The molecule has 3 aliphatic rings. The highest BCUT2D eigenvalue weighted by Gasteiger charge is 2.74. The van der Waals surface area contributed by atoms with Gasteiger partial charge in [0, 0.05) is 18.8 Å². The van der Waals surface area contributed by atoms with E-state index in [9.17, 15) is 15.0 Å². The standard InChI is InChI=1S/C15H24O4/c1-10(16)19-14-9-4-2-3-6-11(14)15(18)12(14)7-5-8-13(15)17/h11-13,17-18H,2-9H2,1H3/t11-,12+,13-,14-,15+/m0/s1. The minimum absolute atomic E-state index is 0.0734. The Morgan fingerprint density at radius 3 is 2.47 bits per heavy atom. The summed E-state index contributed by atoms with van der Waals surface area (Å²) in [5, 5.41) is 21.2. The molecule has 0 bridgehead atoms. The number of rotatable bonds is 1. The Morgan fingerprint density at radius 2 is 1.79 bits per heavy atom. The zero-order chi connectivity index (χ0) is 13.7. The first-order chi connectivity index (χ1) is 9.02. The molecule has 3 aliphatic carbocycles. The predicted octanol–water partition coefficient (Wildman–Crippen LogP) is 1.77. The first-order valence-electron chi connectivity index (χ1n) is 7.62. The summed E-state index contributed by atoms with van der Waals surface area (Å²) < 4.78 is 5.73. The van der Waals surface area contributed by atoms with E-state index in [0.29, 0.717) is 6.42 Å². The number of aliphatic hydroxyl groups is 2. The zero-order valence-corrected chi connectivity index (χ0v) is 11.6. The van der Waals surface area contributed by atoms with Gasteiger partial charge in [-0.05, 0) is 32.1 Å². The maximum Gasteiger partial charge on any atom is 0.303 e. The van der Waals surface area contributed by atoms with Crippen molar-refractivity contribution in [3.8, 4) is 0 Å². The Labute approximate surface area is 114 Å². The van der Waals surface area contributed by atoms with E-state index in [2.05, 4.69) is 0 Å². The number of carbonyl (C=O) groups excluding carboxylic acids is 1. The highest BCUT2D eigenvalue weighted by molar-refractivity contribution is 5.67. The Kier molecular flexibility index (Phi) is 3.13. The second kappa shape index (κ2) is 4.45. The third-order valence-corrected chi connectivity index (χ3v) is 5.69. The molecule has 0 unspecified atom stereocenters. The van der Waals surface area contributed by atoms with Gasteiger partial charge in [-0.25, -0.2) is 0 Å². The summed E-state index contributed by atoms with van der Waals surface area (Å²) in [4.78, 5) is 11.5. The molecule has 19 heavy (non-hydrogen) atoms. The second-order valence-corrected chi connectivity index (χ2v) is 6.59. The molecule has 0 aromatic heterocycles. The molecule has 108 valence electrons. The van der Waals surface area contributed by atoms with Crippen LogP contribution in [0.25, 0.3) is 0 Å². The molecule has 0 heterocycles. The van der Waals surface area contributed by atoms with Crippen molar-refractivity contribution in [2.75, 3.05) is 0 Å². The van der Waals surface area contributed by atoms with Crippen LogP contribution in [0.5, 0.6) is 0 Å². The number of aliphatic hydroxyl groups excluding tert-OH is 1. The smallest absolute Gasteiger partial charge is 0.303 e. The fourth-order valence-electron chi connectivity index (χ4n) is 5.07. The van der Waals surface area contributed by atoms with Crippen molar-refractivity contribution in [2.45, 2.75) is 75.6 Å². The lowest BCUT2D eigenvalue weighted by Crippen LogP contribution is -2.79. The maximum absolute atomic E-state index is 11.5. The highest BCUT2D eigenvalue weighted by atomic mass is 16.6. The molecule has 0 radical (unpaired) electrons. The highest BCUT2D eigenvalue weighted by Crippen LogP contribution is 2.64. The lowest BCUT2D eigenvalue weighted by atomic mass is 9.43. The molecule has 2 N–H and O–H groups in total. The molecule has 3 saturated carbocycles. The second-order valence-electron chi connectivity index (χ2n) is 6.59. The summed E-state index contributed by atoms with van der Waals surface area (Å²) in [6.45, 7) is 1.45. The van der Waals surface area contributed by atoms with Gasteiger partial charge in [0.05, 0.1) is 6.10 Å². The summed E-state index contributed by atoms with van der Waals surface area (Å²) in [6.07, 6.45) is 6.70. The molecule has 0 aliphatic heterocycles. The van der Waals surface area contributed by atoms with Gasteiger partial charge in [0.15, 0.2) is 0 Å². The third kappa shape index (κ3) is 1.69. The van der Waals surface area contributed by atoms with Crippen LogP contribution in [0.15, 0.2) is 0 Å². The van der Waals surface area contributed by atoms with Crippen LogP contribution >= 0.6 is 0 Å². The topological polar surface area (TPSA) is 66.8 Å². The number of hydrogen-bond donors (Lipinski definition) is 2. The molecule has 4 heteroatoms. The van der Waals surface area contributed by atoms with Gasteiger partial charge >= 0.3 is 5.97 Å². The van der Waals surface area contributed by atoms with Crippen molar-refractivity contribution >= 4 is 5.97 Å². The van der Waals surface area contributed by atoms with Gasteiger partial charge in [-0.3, -0.25) is 4.79 Å². The Bertz CT molecular complexity index is 382. The van der Waals surface area contributed by atoms with E-state index in [1.807, 2.05) is 0 Å². The van der Waals surface area contributed by atoms with Gasteiger partial charge in [0.25, 0.3) is 0 Å². The minimum Gasteiger partial charge on any atom is -0.458 e. The van der Waals surface area contributed by atoms with Gasteiger partial charge in [-0.1, -0.05) is 19.3 Å². The molecule has 0 aromatic carbocycles. The molecule has 5 atom stereocenters. The van der Waals surface area contributed by atoms with Crippen LogP contribution in [0, 0.1) is 11.8 Å². The molecule has 0 aromatic rings. The van der Waals surface area contributed by atoms with Crippen molar-refractivity contribution in [3.05, 3.63) is 0 Å². The number of ether oxygens (including phenoxy) is 1. The number of carbonyl (C=O) groups is 1. The molecule has 3 rings (SSSR count). The van der Waals surface area contributed by atoms with E-state index < -0.39 is 17.3 Å². The molecule has 4 nitrogen and oxygen atoms in total. The zero-order valence-electron chi connectivity index (χ0n) is 11.6. The number of hydrogen-bond acceptors (Lipinski definition) is 4. The molecule has 3 fully saturated rings. The molecule has 0 amide bonds.